The summed E-state index contributed by atoms with van der Waals surface area (Å²) >= 11 is 0. The lowest BCUT2D eigenvalue weighted by Gasteiger charge is -2.32. The number of carbonyl (C=O) groups is 1. The van der Waals surface area contributed by atoms with Gasteiger partial charge >= 0.3 is 0 Å². The molecule has 0 aromatic rings. The van der Waals surface area contributed by atoms with Gasteiger partial charge in [-0.3, -0.25) is 4.79 Å². The zero-order chi connectivity index (χ0) is 19.0. The first-order valence-corrected chi connectivity index (χ1v) is 8.97. The summed E-state index contributed by atoms with van der Waals surface area (Å²) in [6, 6.07) is 0. The number of aliphatic hydroxyl groups is 1. The van der Waals surface area contributed by atoms with Crippen LogP contribution in [0.3, 0.4) is 0 Å². The normalized spacial score (nSPS) is 13.4. The number of nitrogens with one attached hydrogen (secondary N) is 1. The molecule has 0 aliphatic carbocycles. The molecule has 0 aromatic carbocycles. The van der Waals surface area contributed by atoms with E-state index in [4.69, 9.17) is 14.6 Å². The lowest BCUT2D eigenvalue weighted by atomic mass is 9.78. The van der Waals surface area contributed by atoms with E-state index >= 15 is 0 Å². The second kappa shape index (κ2) is 9.73. The van der Waals surface area contributed by atoms with Crippen LogP contribution in [-0.2, 0) is 14.3 Å². The molecular formula is C19H39NO4. The van der Waals surface area contributed by atoms with E-state index in [1.54, 1.807) is 0 Å². The number of carbonyl (C=O) groups excluding carboxylic acids is 1. The average Bonchev–Trinajstić information content (AvgIpc) is 2.42. The van der Waals surface area contributed by atoms with Crippen molar-refractivity contribution in [1.29, 1.82) is 0 Å². The van der Waals surface area contributed by atoms with Crippen LogP contribution in [0.5, 0.6) is 0 Å². The Bertz CT molecular complexity index is 376. The Morgan fingerprint density at radius 2 is 1.54 bits per heavy atom. The number of aliphatic hydroxyl groups excluding tert-OH is 1. The standard InChI is InChI=1S/C19H39NO4/c1-15(2)17(3,4)9-11-23-18(5,6)13-16(22)20-10-12-24-19(7,8)14-21/h15,21H,9-14H2,1-8H3,(H,20,22). The van der Waals surface area contributed by atoms with E-state index in [1.807, 2.05) is 27.7 Å². The molecule has 0 heterocycles. The number of rotatable bonds is 12. The van der Waals surface area contributed by atoms with E-state index in [2.05, 4.69) is 33.0 Å². The lowest BCUT2D eigenvalue weighted by molar-refractivity contribution is -0.128. The fourth-order valence-corrected chi connectivity index (χ4v) is 1.94. The Morgan fingerprint density at radius 1 is 1.00 bits per heavy atom. The molecule has 0 fully saturated rings. The van der Waals surface area contributed by atoms with Crippen molar-refractivity contribution >= 4 is 5.91 Å². The van der Waals surface area contributed by atoms with Crippen molar-refractivity contribution in [3.05, 3.63) is 0 Å². The highest BCUT2D eigenvalue weighted by molar-refractivity contribution is 5.76. The van der Waals surface area contributed by atoms with Gasteiger partial charge in [-0.2, -0.15) is 0 Å². The van der Waals surface area contributed by atoms with Gasteiger partial charge in [0.1, 0.15) is 0 Å². The molecule has 0 saturated heterocycles. The minimum Gasteiger partial charge on any atom is -0.393 e. The Hall–Kier alpha value is -0.650. The van der Waals surface area contributed by atoms with Crippen LogP contribution in [-0.4, -0.2) is 48.6 Å². The van der Waals surface area contributed by atoms with Gasteiger partial charge in [-0.15, -0.1) is 0 Å². The fraction of sp³-hybridized carbons (Fsp3) is 0.947. The third-order valence-corrected chi connectivity index (χ3v) is 4.69. The first-order chi connectivity index (χ1) is 10.8. The van der Waals surface area contributed by atoms with Crippen LogP contribution < -0.4 is 5.32 Å². The minimum absolute atomic E-state index is 0.0471. The van der Waals surface area contributed by atoms with Gasteiger partial charge in [0.15, 0.2) is 0 Å². The van der Waals surface area contributed by atoms with Crippen LogP contribution >= 0.6 is 0 Å². The van der Waals surface area contributed by atoms with E-state index in [9.17, 15) is 4.79 Å². The van der Waals surface area contributed by atoms with Crippen LogP contribution in [0, 0.1) is 11.3 Å². The molecule has 0 atom stereocenters. The number of hydrogen-bond donors (Lipinski definition) is 2. The number of amides is 1. The summed E-state index contributed by atoms with van der Waals surface area (Å²) < 4.78 is 11.4. The van der Waals surface area contributed by atoms with Crippen molar-refractivity contribution in [3.8, 4) is 0 Å². The number of ether oxygens (including phenoxy) is 2. The average molecular weight is 346 g/mol. The predicted octanol–water partition coefficient (Wildman–Crippen LogP) is 3.15. The molecule has 0 aliphatic rings. The van der Waals surface area contributed by atoms with Crippen molar-refractivity contribution in [2.24, 2.45) is 11.3 Å². The van der Waals surface area contributed by atoms with E-state index in [1.165, 1.54) is 0 Å². The first-order valence-electron chi connectivity index (χ1n) is 8.97. The smallest absolute Gasteiger partial charge is 0.222 e. The molecule has 5 heteroatoms. The van der Waals surface area contributed by atoms with Gasteiger partial charge in [-0.25, -0.2) is 0 Å². The lowest BCUT2D eigenvalue weighted by Crippen LogP contribution is -2.38. The van der Waals surface area contributed by atoms with E-state index in [0.29, 0.717) is 32.1 Å². The summed E-state index contributed by atoms with van der Waals surface area (Å²) in [5.74, 6) is 0.546. The maximum Gasteiger partial charge on any atom is 0.222 e. The maximum atomic E-state index is 12.0. The Balaban J connectivity index is 4.06. The summed E-state index contributed by atoms with van der Waals surface area (Å²) in [6.45, 7) is 17.9. The van der Waals surface area contributed by atoms with E-state index in [0.717, 1.165) is 6.42 Å². The van der Waals surface area contributed by atoms with Crippen LogP contribution in [0.15, 0.2) is 0 Å². The molecule has 0 spiro atoms. The first kappa shape index (κ1) is 23.4. The van der Waals surface area contributed by atoms with Crippen LogP contribution in [0.4, 0.5) is 0 Å². The van der Waals surface area contributed by atoms with Crippen molar-refractivity contribution in [2.45, 2.75) is 79.4 Å². The summed E-state index contributed by atoms with van der Waals surface area (Å²) in [5, 5.41) is 11.9. The van der Waals surface area contributed by atoms with Gasteiger partial charge in [0, 0.05) is 13.2 Å². The van der Waals surface area contributed by atoms with Crippen LogP contribution in [0.1, 0.15) is 68.2 Å². The van der Waals surface area contributed by atoms with Crippen molar-refractivity contribution < 1.29 is 19.4 Å². The second-order valence-electron chi connectivity index (χ2n) is 8.79. The summed E-state index contributed by atoms with van der Waals surface area (Å²) in [7, 11) is 0. The van der Waals surface area contributed by atoms with Gasteiger partial charge in [0.2, 0.25) is 5.91 Å². The highest BCUT2D eigenvalue weighted by atomic mass is 16.5. The molecule has 0 aliphatic heterocycles. The van der Waals surface area contributed by atoms with Gasteiger partial charge in [-0.05, 0) is 45.4 Å². The largest absolute Gasteiger partial charge is 0.393 e. The van der Waals surface area contributed by atoms with Crippen molar-refractivity contribution in [1.82, 2.24) is 5.32 Å². The molecule has 0 saturated carbocycles. The molecule has 0 aromatic heterocycles. The molecule has 0 bridgehead atoms. The molecule has 24 heavy (non-hydrogen) atoms. The van der Waals surface area contributed by atoms with Gasteiger partial charge in [0.05, 0.1) is 30.8 Å². The fourth-order valence-electron chi connectivity index (χ4n) is 1.94. The number of hydrogen-bond acceptors (Lipinski definition) is 4. The highest BCUT2D eigenvalue weighted by Crippen LogP contribution is 2.30. The van der Waals surface area contributed by atoms with E-state index in [-0.39, 0.29) is 17.9 Å². The summed E-state index contributed by atoms with van der Waals surface area (Å²) in [5.41, 5.74) is -0.826. The van der Waals surface area contributed by atoms with Crippen molar-refractivity contribution in [2.75, 3.05) is 26.4 Å². The molecule has 0 rings (SSSR count). The van der Waals surface area contributed by atoms with Gasteiger partial charge in [0.25, 0.3) is 0 Å². The topological polar surface area (TPSA) is 67.8 Å². The molecule has 2 N–H and O–H groups in total. The van der Waals surface area contributed by atoms with Crippen LogP contribution in [0.2, 0.25) is 0 Å². The molecule has 144 valence electrons. The summed E-state index contributed by atoms with van der Waals surface area (Å²) in [4.78, 5) is 12.0. The second-order valence-corrected chi connectivity index (χ2v) is 8.79. The quantitative estimate of drug-likeness (QED) is 0.533. The zero-order valence-electron chi connectivity index (χ0n) is 17.0. The molecule has 1 amide bonds. The Kier molecular flexibility index (Phi) is 9.47. The zero-order valence-corrected chi connectivity index (χ0v) is 17.0. The Labute approximate surface area is 148 Å². The van der Waals surface area contributed by atoms with Crippen molar-refractivity contribution in [3.63, 3.8) is 0 Å². The Morgan fingerprint density at radius 3 is 2.04 bits per heavy atom. The monoisotopic (exact) mass is 345 g/mol. The highest BCUT2D eigenvalue weighted by Gasteiger charge is 2.26. The SMILES string of the molecule is CC(C)C(C)(C)CCOC(C)(C)CC(=O)NCCOC(C)(C)CO. The third kappa shape index (κ3) is 10.3. The van der Waals surface area contributed by atoms with Gasteiger partial charge in [-0.1, -0.05) is 27.7 Å². The summed E-state index contributed by atoms with van der Waals surface area (Å²) in [6.07, 6.45) is 1.29. The molecule has 0 unspecified atom stereocenters. The third-order valence-electron chi connectivity index (χ3n) is 4.69. The predicted molar refractivity (Wildman–Crippen MR) is 98.0 cm³/mol. The molecular weight excluding hydrogens is 306 g/mol. The van der Waals surface area contributed by atoms with E-state index < -0.39 is 11.2 Å². The maximum absolute atomic E-state index is 12.0. The molecule has 5 nitrogen and oxygen atoms in total. The molecule has 0 radical (unpaired) electrons. The minimum atomic E-state index is -0.573. The van der Waals surface area contributed by atoms with Crippen LogP contribution in [0.25, 0.3) is 0 Å². The van der Waals surface area contributed by atoms with Gasteiger partial charge < -0.3 is 19.9 Å².